The Bertz CT molecular complexity index is 921. The number of pyridine rings is 1. The number of furan rings is 1. The molecule has 3 aromatic rings. The van der Waals surface area contributed by atoms with Crippen LogP contribution in [0.4, 0.5) is 0 Å². The molecule has 0 radical (unpaired) electrons. The fraction of sp³-hybridized carbons (Fsp3) is 0.0500. The lowest BCUT2D eigenvalue weighted by Gasteiger charge is -2.04. The Kier molecular flexibility index (Phi) is 5.98. The minimum Gasteiger partial charge on any atom is -0.486 e. The van der Waals surface area contributed by atoms with E-state index in [1.54, 1.807) is 36.7 Å². The van der Waals surface area contributed by atoms with Crippen LogP contribution in [-0.4, -0.2) is 16.8 Å². The van der Waals surface area contributed by atoms with Gasteiger partial charge in [0.05, 0.1) is 0 Å². The normalized spacial score (nSPS) is 10.5. The molecule has 0 atom stereocenters. The minimum atomic E-state index is -0.566. The van der Waals surface area contributed by atoms with Gasteiger partial charge < -0.3 is 9.15 Å². The van der Waals surface area contributed by atoms with E-state index in [1.807, 2.05) is 30.3 Å². The number of carbonyl (C=O) groups is 2. The Morgan fingerprint density at radius 1 is 1.04 bits per heavy atom. The lowest BCUT2D eigenvalue weighted by Crippen LogP contribution is -2.40. The average Bonchev–Trinajstić information content (AvgIpc) is 3.20. The standard InChI is InChI=1S/C20H17N3O4/c24-19(11-8-15-5-4-12-21-13-15)22-23-20(25)18-10-9-17(27-18)14-26-16-6-2-1-3-7-16/h1-13H,14H2,(H,22,24)(H,23,25)/b11-8+. The molecule has 7 heteroatoms. The summed E-state index contributed by atoms with van der Waals surface area (Å²) >= 11 is 0. The van der Waals surface area contributed by atoms with Gasteiger partial charge in [0.25, 0.3) is 5.91 Å². The largest absolute Gasteiger partial charge is 0.486 e. The van der Waals surface area contributed by atoms with Crippen LogP contribution < -0.4 is 15.6 Å². The summed E-state index contributed by atoms with van der Waals surface area (Å²) in [5.41, 5.74) is 5.33. The molecule has 27 heavy (non-hydrogen) atoms. The highest BCUT2D eigenvalue weighted by molar-refractivity contribution is 5.96. The van der Waals surface area contributed by atoms with Crippen molar-refractivity contribution in [2.24, 2.45) is 0 Å². The third-order valence-electron chi connectivity index (χ3n) is 3.42. The Hall–Kier alpha value is -3.87. The first kappa shape index (κ1) is 17.9. The molecule has 136 valence electrons. The van der Waals surface area contributed by atoms with Gasteiger partial charge in [-0.1, -0.05) is 24.3 Å². The summed E-state index contributed by atoms with van der Waals surface area (Å²) in [6.45, 7) is 0.192. The number of nitrogens with one attached hydrogen (secondary N) is 2. The number of aromatic nitrogens is 1. The van der Waals surface area contributed by atoms with Gasteiger partial charge in [-0.05, 0) is 42.0 Å². The first-order valence-corrected chi connectivity index (χ1v) is 8.16. The molecule has 0 spiro atoms. The van der Waals surface area contributed by atoms with Crippen LogP contribution >= 0.6 is 0 Å². The predicted molar refractivity (Wildman–Crippen MR) is 98.4 cm³/mol. The number of hydrazine groups is 1. The van der Waals surface area contributed by atoms with Crippen LogP contribution in [0.25, 0.3) is 6.08 Å². The molecule has 0 fully saturated rings. The summed E-state index contributed by atoms with van der Waals surface area (Å²) in [4.78, 5) is 27.7. The van der Waals surface area contributed by atoms with Gasteiger partial charge in [0.1, 0.15) is 18.1 Å². The Balaban J connectivity index is 1.46. The number of benzene rings is 1. The van der Waals surface area contributed by atoms with Crippen molar-refractivity contribution in [1.82, 2.24) is 15.8 Å². The first-order chi connectivity index (χ1) is 13.2. The maximum atomic E-state index is 12.0. The van der Waals surface area contributed by atoms with E-state index in [0.29, 0.717) is 11.5 Å². The van der Waals surface area contributed by atoms with E-state index in [0.717, 1.165) is 5.56 Å². The molecule has 0 bridgehead atoms. The molecule has 2 aromatic heterocycles. The lowest BCUT2D eigenvalue weighted by molar-refractivity contribution is -0.117. The fourth-order valence-electron chi connectivity index (χ4n) is 2.12. The van der Waals surface area contributed by atoms with Crippen LogP contribution in [0.15, 0.2) is 77.5 Å². The van der Waals surface area contributed by atoms with Crippen molar-refractivity contribution in [2.75, 3.05) is 0 Å². The molecule has 2 N–H and O–H groups in total. The molecular formula is C20H17N3O4. The van der Waals surface area contributed by atoms with E-state index in [4.69, 9.17) is 9.15 Å². The molecule has 0 unspecified atom stereocenters. The molecule has 2 heterocycles. The second-order valence-electron chi connectivity index (χ2n) is 5.43. The average molecular weight is 363 g/mol. The van der Waals surface area contributed by atoms with E-state index in [2.05, 4.69) is 15.8 Å². The van der Waals surface area contributed by atoms with Crippen molar-refractivity contribution >= 4 is 17.9 Å². The second-order valence-corrected chi connectivity index (χ2v) is 5.43. The third kappa shape index (κ3) is 5.57. The molecule has 0 aliphatic heterocycles. The highest BCUT2D eigenvalue weighted by Gasteiger charge is 2.12. The van der Waals surface area contributed by atoms with Crippen molar-refractivity contribution in [3.63, 3.8) is 0 Å². The highest BCUT2D eigenvalue weighted by atomic mass is 16.5. The Morgan fingerprint density at radius 2 is 1.89 bits per heavy atom. The quantitative estimate of drug-likeness (QED) is 0.519. The number of hydrogen-bond acceptors (Lipinski definition) is 5. The van der Waals surface area contributed by atoms with Gasteiger partial charge in [0, 0.05) is 18.5 Å². The monoisotopic (exact) mass is 363 g/mol. The SMILES string of the molecule is O=C(/C=C/c1cccnc1)NNC(=O)c1ccc(COc2ccccc2)o1. The maximum Gasteiger partial charge on any atom is 0.305 e. The van der Waals surface area contributed by atoms with Crippen LogP contribution in [0.2, 0.25) is 0 Å². The zero-order chi connectivity index (χ0) is 18.9. The van der Waals surface area contributed by atoms with Gasteiger partial charge in [-0.3, -0.25) is 25.4 Å². The maximum absolute atomic E-state index is 12.0. The van der Waals surface area contributed by atoms with Crippen molar-refractivity contribution in [1.29, 1.82) is 0 Å². The van der Waals surface area contributed by atoms with Gasteiger partial charge >= 0.3 is 5.91 Å². The Morgan fingerprint density at radius 3 is 2.67 bits per heavy atom. The van der Waals surface area contributed by atoms with Crippen LogP contribution in [0.5, 0.6) is 5.75 Å². The number of amides is 2. The van der Waals surface area contributed by atoms with E-state index < -0.39 is 11.8 Å². The van der Waals surface area contributed by atoms with Crippen LogP contribution in [-0.2, 0) is 11.4 Å². The number of nitrogens with zero attached hydrogens (tertiary/aromatic N) is 1. The summed E-state index contributed by atoms with van der Waals surface area (Å²) in [5, 5.41) is 0. The minimum absolute atomic E-state index is 0.0678. The van der Waals surface area contributed by atoms with Crippen molar-refractivity contribution in [3.05, 3.63) is 90.2 Å². The van der Waals surface area contributed by atoms with Gasteiger partial charge in [-0.2, -0.15) is 0 Å². The predicted octanol–water partition coefficient (Wildman–Crippen LogP) is 2.73. The molecule has 0 aliphatic carbocycles. The van der Waals surface area contributed by atoms with Crippen molar-refractivity contribution in [2.45, 2.75) is 6.61 Å². The summed E-state index contributed by atoms with van der Waals surface area (Å²) in [5.74, 6) is 0.216. The molecule has 7 nitrogen and oxygen atoms in total. The van der Waals surface area contributed by atoms with Gasteiger partial charge in [0.2, 0.25) is 0 Å². The molecule has 0 saturated heterocycles. The molecular weight excluding hydrogens is 346 g/mol. The molecule has 3 rings (SSSR count). The van der Waals surface area contributed by atoms with Gasteiger partial charge in [-0.15, -0.1) is 0 Å². The molecule has 2 amide bonds. The van der Waals surface area contributed by atoms with Crippen molar-refractivity contribution in [3.8, 4) is 5.75 Å². The van der Waals surface area contributed by atoms with E-state index in [-0.39, 0.29) is 12.4 Å². The summed E-state index contributed by atoms with van der Waals surface area (Å²) < 4.78 is 11.0. The number of hydrogen-bond donors (Lipinski definition) is 2. The number of para-hydroxylation sites is 1. The first-order valence-electron chi connectivity index (χ1n) is 8.16. The van der Waals surface area contributed by atoms with Crippen LogP contribution in [0.3, 0.4) is 0 Å². The summed E-state index contributed by atoms with van der Waals surface area (Å²) in [7, 11) is 0. The highest BCUT2D eigenvalue weighted by Crippen LogP contribution is 2.13. The Labute approximate surface area is 155 Å². The third-order valence-corrected chi connectivity index (χ3v) is 3.42. The number of carbonyl (C=O) groups excluding carboxylic acids is 2. The van der Waals surface area contributed by atoms with Crippen LogP contribution in [0, 0.1) is 0 Å². The molecule has 0 aliphatic rings. The smallest absolute Gasteiger partial charge is 0.305 e. The van der Waals surface area contributed by atoms with Crippen LogP contribution in [0.1, 0.15) is 21.9 Å². The second kappa shape index (κ2) is 9.00. The van der Waals surface area contributed by atoms with E-state index in [1.165, 1.54) is 12.1 Å². The van der Waals surface area contributed by atoms with Gasteiger partial charge in [0.15, 0.2) is 5.76 Å². The fourth-order valence-corrected chi connectivity index (χ4v) is 2.12. The number of ether oxygens (including phenoxy) is 1. The van der Waals surface area contributed by atoms with Crippen molar-refractivity contribution < 1.29 is 18.7 Å². The van der Waals surface area contributed by atoms with E-state index in [9.17, 15) is 9.59 Å². The topological polar surface area (TPSA) is 93.5 Å². The van der Waals surface area contributed by atoms with Gasteiger partial charge in [-0.25, -0.2) is 0 Å². The zero-order valence-corrected chi connectivity index (χ0v) is 14.3. The number of rotatable bonds is 6. The zero-order valence-electron chi connectivity index (χ0n) is 14.3. The molecule has 0 saturated carbocycles. The summed E-state index contributed by atoms with van der Waals surface area (Å²) in [6, 6.07) is 16.0. The molecule has 1 aromatic carbocycles. The van der Waals surface area contributed by atoms with E-state index >= 15 is 0 Å². The summed E-state index contributed by atoms with van der Waals surface area (Å²) in [6.07, 6.45) is 6.13. The lowest BCUT2D eigenvalue weighted by atomic mass is 10.2.